The van der Waals surface area contributed by atoms with Crippen molar-refractivity contribution >= 4 is 34.7 Å². The molecule has 2 aromatic carbocycles. The van der Waals surface area contributed by atoms with Gasteiger partial charge in [-0.1, -0.05) is 29.8 Å². The molecule has 1 heterocycles. The number of fused-ring (bicyclic) bond motifs is 1. The van der Waals surface area contributed by atoms with Gasteiger partial charge in [0.15, 0.2) is 11.5 Å². The molecular weight excluding hydrogens is 338 g/mol. The Morgan fingerprint density at radius 3 is 2.16 bits per heavy atom. The second-order valence-electron chi connectivity index (χ2n) is 5.37. The summed E-state index contributed by atoms with van der Waals surface area (Å²) in [5.74, 6) is 1.79. The molecule has 0 aliphatic heterocycles. The average Bonchev–Trinajstić information content (AvgIpc) is 2.64. The summed E-state index contributed by atoms with van der Waals surface area (Å²) >= 11 is 6.04. The highest BCUT2D eigenvalue weighted by Gasteiger charge is 2.12. The van der Waals surface area contributed by atoms with Crippen LogP contribution < -0.4 is 14.2 Å². The molecule has 3 rings (SSSR count). The number of aromatic nitrogens is 1. The minimum Gasteiger partial charge on any atom is -0.493 e. The molecule has 0 saturated heterocycles. The first-order valence-corrected chi connectivity index (χ1v) is 8.07. The minimum atomic E-state index is 0.570. The molecule has 5 heteroatoms. The zero-order valence-corrected chi connectivity index (χ0v) is 15.0. The summed E-state index contributed by atoms with van der Waals surface area (Å²) in [4.78, 5) is 4.61. The number of halogens is 1. The molecule has 25 heavy (non-hydrogen) atoms. The number of nitrogens with zero attached hydrogens (tertiary/aromatic N) is 1. The fourth-order valence-electron chi connectivity index (χ4n) is 2.58. The molecule has 0 fully saturated rings. The molecule has 128 valence electrons. The molecule has 3 aromatic rings. The maximum atomic E-state index is 6.04. The van der Waals surface area contributed by atoms with Crippen LogP contribution in [0, 0.1) is 0 Å². The molecule has 0 radical (unpaired) electrons. The molecule has 0 spiro atoms. The molecule has 0 N–H and O–H groups in total. The van der Waals surface area contributed by atoms with E-state index in [1.54, 1.807) is 21.3 Å². The van der Waals surface area contributed by atoms with Gasteiger partial charge in [-0.2, -0.15) is 0 Å². The highest BCUT2D eigenvalue weighted by Crippen LogP contribution is 2.38. The molecule has 0 bridgehead atoms. The van der Waals surface area contributed by atoms with Crippen molar-refractivity contribution in [1.29, 1.82) is 0 Å². The number of rotatable bonds is 5. The molecule has 0 saturated carbocycles. The second-order valence-corrected chi connectivity index (χ2v) is 5.80. The predicted octanol–water partition coefficient (Wildman–Crippen LogP) is 5.08. The van der Waals surface area contributed by atoms with Crippen molar-refractivity contribution in [3.05, 3.63) is 58.7 Å². The highest BCUT2D eigenvalue weighted by molar-refractivity contribution is 6.31. The molecule has 4 nitrogen and oxygen atoms in total. The molecule has 0 aliphatic rings. The van der Waals surface area contributed by atoms with Crippen LogP contribution in [0.4, 0.5) is 0 Å². The number of ether oxygens (including phenoxy) is 3. The summed E-state index contributed by atoms with van der Waals surface area (Å²) in [6, 6.07) is 13.4. The predicted molar refractivity (Wildman–Crippen MR) is 102 cm³/mol. The number of benzene rings is 2. The van der Waals surface area contributed by atoms with E-state index in [2.05, 4.69) is 4.98 Å². The zero-order chi connectivity index (χ0) is 17.8. The van der Waals surface area contributed by atoms with Crippen LogP contribution in [0.2, 0.25) is 5.02 Å². The zero-order valence-electron chi connectivity index (χ0n) is 14.2. The number of hydrogen-bond acceptors (Lipinski definition) is 4. The average molecular weight is 356 g/mol. The van der Waals surface area contributed by atoms with Crippen LogP contribution in [0.15, 0.2) is 42.5 Å². The maximum Gasteiger partial charge on any atom is 0.203 e. The summed E-state index contributed by atoms with van der Waals surface area (Å²) < 4.78 is 16.1. The van der Waals surface area contributed by atoms with Gasteiger partial charge in [0, 0.05) is 10.4 Å². The van der Waals surface area contributed by atoms with E-state index in [0.717, 1.165) is 22.2 Å². The van der Waals surface area contributed by atoms with E-state index in [9.17, 15) is 0 Å². The van der Waals surface area contributed by atoms with Gasteiger partial charge in [0.1, 0.15) is 0 Å². The van der Waals surface area contributed by atoms with Crippen LogP contribution in [0.1, 0.15) is 11.3 Å². The lowest BCUT2D eigenvalue weighted by atomic mass is 10.1. The fraction of sp³-hybridized carbons (Fsp3) is 0.150. The van der Waals surface area contributed by atoms with E-state index in [1.165, 1.54) is 0 Å². The van der Waals surface area contributed by atoms with E-state index in [0.29, 0.717) is 22.3 Å². The van der Waals surface area contributed by atoms with Gasteiger partial charge in [-0.3, -0.25) is 0 Å². The lowest BCUT2D eigenvalue weighted by Crippen LogP contribution is -1.95. The molecule has 0 amide bonds. The van der Waals surface area contributed by atoms with E-state index in [4.69, 9.17) is 25.8 Å². The third kappa shape index (κ3) is 3.69. The molecular formula is C20H18ClNO3. The summed E-state index contributed by atoms with van der Waals surface area (Å²) in [6.07, 6.45) is 3.88. The summed E-state index contributed by atoms with van der Waals surface area (Å²) in [5, 5.41) is 1.72. The molecule has 0 unspecified atom stereocenters. The van der Waals surface area contributed by atoms with Crippen LogP contribution in [-0.4, -0.2) is 26.3 Å². The SMILES string of the molecule is COc1cc(/C=C/c2ccc3ccc(Cl)cc3n2)cc(OC)c1OC. The Balaban J connectivity index is 1.96. The Kier molecular flexibility index (Phi) is 5.10. The van der Waals surface area contributed by atoms with Crippen LogP contribution in [0.5, 0.6) is 17.2 Å². The third-order valence-corrected chi connectivity index (χ3v) is 4.04. The van der Waals surface area contributed by atoms with Gasteiger partial charge in [0.25, 0.3) is 0 Å². The van der Waals surface area contributed by atoms with E-state index in [-0.39, 0.29) is 0 Å². The van der Waals surface area contributed by atoms with Crippen molar-refractivity contribution in [2.24, 2.45) is 0 Å². The van der Waals surface area contributed by atoms with Gasteiger partial charge in [-0.25, -0.2) is 4.98 Å². The Labute approximate surface area is 151 Å². The Morgan fingerprint density at radius 2 is 1.52 bits per heavy atom. The van der Waals surface area contributed by atoms with Crippen molar-refractivity contribution in [3.63, 3.8) is 0 Å². The monoisotopic (exact) mass is 355 g/mol. The van der Waals surface area contributed by atoms with Gasteiger partial charge < -0.3 is 14.2 Å². The molecule has 1 aromatic heterocycles. The molecule has 0 aliphatic carbocycles. The van der Waals surface area contributed by atoms with Crippen molar-refractivity contribution in [2.75, 3.05) is 21.3 Å². The van der Waals surface area contributed by atoms with Crippen LogP contribution >= 0.6 is 11.6 Å². The third-order valence-electron chi connectivity index (χ3n) is 3.81. The largest absolute Gasteiger partial charge is 0.493 e. The lowest BCUT2D eigenvalue weighted by molar-refractivity contribution is 0.324. The normalized spacial score (nSPS) is 11.0. The first-order valence-electron chi connectivity index (χ1n) is 7.69. The van der Waals surface area contributed by atoms with E-state index in [1.807, 2.05) is 54.6 Å². The van der Waals surface area contributed by atoms with Crippen LogP contribution in [0.25, 0.3) is 23.1 Å². The van der Waals surface area contributed by atoms with Gasteiger partial charge in [0.05, 0.1) is 32.5 Å². The smallest absolute Gasteiger partial charge is 0.203 e. The maximum absolute atomic E-state index is 6.04. The lowest BCUT2D eigenvalue weighted by Gasteiger charge is -2.12. The van der Waals surface area contributed by atoms with Gasteiger partial charge in [-0.15, -0.1) is 0 Å². The quantitative estimate of drug-likeness (QED) is 0.639. The van der Waals surface area contributed by atoms with Gasteiger partial charge in [-0.05, 0) is 42.0 Å². The van der Waals surface area contributed by atoms with Crippen LogP contribution in [-0.2, 0) is 0 Å². The standard InChI is InChI=1S/C20H18ClNO3/c1-23-18-10-13(11-19(24-2)20(18)25-3)4-8-16-9-6-14-5-7-15(21)12-17(14)22-16/h4-12H,1-3H3/b8-4+. The Morgan fingerprint density at radius 1 is 0.840 bits per heavy atom. The minimum absolute atomic E-state index is 0.570. The van der Waals surface area contributed by atoms with Crippen molar-refractivity contribution in [2.45, 2.75) is 0 Å². The van der Waals surface area contributed by atoms with Crippen molar-refractivity contribution in [1.82, 2.24) is 4.98 Å². The fourth-order valence-corrected chi connectivity index (χ4v) is 2.74. The Hall–Kier alpha value is -2.72. The van der Waals surface area contributed by atoms with Gasteiger partial charge >= 0.3 is 0 Å². The topological polar surface area (TPSA) is 40.6 Å². The summed E-state index contributed by atoms with van der Waals surface area (Å²) in [5.41, 5.74) is 2.62. The summed E-state index contributed by atoms with van der Waals surface area (Å²) in [7, 11) is 4.78. The van der Waals surface area contributed by atoms with Crippen molar-refractivity contribution in [3.8, 4) is 17.2 Å². The van der Waals surface area contributed by atoms with E-state index >= 15 is 0 Å². The number of methoxy groups -OCH3 is 3. The molecule has 0 atom stereocenters. The second kappa shape index (κ2) is 7.45. The first kappa shape index (κ1) is 17.1. The Bertz CT molecular complexity index is 912. The van der Waals surface area contributed by atoms with Crippen LogP contribution in [0.3, 0.4) is 0 Å². The number of hydrogen-bond donors (Lipinski definition) is 0. The summed E-state index contributed by atoms with van der Waals surface area (Å²) in [6.45, 7) is 0. The number of pyridine rings is 1. The van der Waals surface area contributed by atoms with Crippen molar-refractivity contribution < 1.29 is 14.2 Å². The van der Waals surface area contributed by atoms with E-state index < -0.39 is 0 Å². The highest BCUT2D eigenvalue weighted by atomic mass is 35.5. The van der Waals surface area contributed by atoms with Gasteiger partial charge in [0.2, 0.25) is 5.75 Å². The first-order chi connectivity index (χ1) is 12.1.